The molecule has 0 saturated carbocycles. The van der Waals surface area contributed by atoms with Gasteiger partial charge in [0.15, 0.2) is 0 Å². The van der Waals surface area contributed by atoms with Gasteiger partial charge in [0, 0.05) is 46.3 Å². The number of aryl methyl sites for hydroxylation is 1. The van der Waals surface area contributed by atoms with Gasteiger partial charge in [0.05, 0.1) is 16.7 Å². The molecule has 0 bridgehead atoms. The monoisotopic (exact) mass is 411 g/mol. The number of amides is 1. The minimum absolute atomic E-state index is 0.169. The van der Waals surface area contributed by atoms with Crippen LogP contribution in [-0.2, 0) is 11.2 Å². The number of aromatic nitrogens is 3. The number of piperazine rings is 1. The Kier molecular flexibility index (Phi) is 6.70. The average Bonchev–Trinajstić information content (AvgIpc) is 3.10. The van der Waals surface area contributed by atoms with E-state index >= 15 is 0 Å². The highest BCUT2D eigenvalue weighted by molar-refractivity contribution is 6.37. The van der Waals surface area contributed by atoms with E-state index in [1.807, 2.05) is 6.92 Å². The maximum atomic E-state index is 12.9. The maximum absolute atomic E-state index is 12.9. The second-order valence-electron chi connectivity index (χ2n) is 6.31. The molecule has 0 N–H and O–H groups in total. The first-order chi connectivity index (χ1) is 13.0. The van der Waals surface area contributed by atoms with Gasteiger partial charge in [0.1, 0.15) is 11.5 Å². The van der Waals surface area contributed by atoms with E-state index in [1.165, 1.54) is 0 Å². The number of carbonyl (C=O) groups is 1. The summed E-state index contributed by atoms with van der Waals surface area (Å²) >= 11 is 12.6. The van der Waals surface area contributed by atoms with E-state index < -0.39 is 0 Å². The number of hydrogen-bond donors (Lipinski definition) is 0. The summed E-state index contributed by atoms with van der Waals surface area (Å²) in [4.78, 5) is 21.4. The van der Waals surface area contributed by atoms with Gasteiger partial charge < -0.3 is 9.64 Å². The highest BCUT2D eigenvalue weighted by atomic mass is 35.5. The Labute approximate surface area is 168 Å². The van der Waals surface area contributed by atoms with Gasteiger partial charge in [-0.05, 0) is 12.1 Å². The molecule has 0 radical (unpaired) electrons. The second-order valence-corrected chi connectivity index (χ2v) is 7.13. The molecule has 2 aromatic rings. The molecule has 0 unspecified atom stereocenters. The van der Waals surface area contributed by atoms with E-state index in [4.69, 9.17) is 27.9 Å². The zero-order chi connectivity index (χ0) is 19.4. The van der Waals surface area contributed by atoms with Crippen molar-refractivity contribution in [3.05, 3.63) is 39.9 Å². The summed E-state index contributed by atoms with van der Waals surface area (Å²) in [7, 11) is 1.69. The fraction of sp³-hybridized carbons (Fsp3) is 0.500. The molecule has 1 saturated heterocycles. The summed E-state index contributed by atoms with van der Waals surface area (Å²) in [6.45, 7) is 6.43. The van der Waals surface area contributed by atoms with Crippen LogP contribution in [0.25, 0.3) is 5.69 Å². The van der Waals surface area contributed by atoms with E-state index in [0.717, 1.165) is 19.6 Å². The molecule has 0 atom stereocenters. The number of benzene rings is 1. The van der Waals surface area contributed by atoms with Crippen LogP contribution in [0.2, 0.25) is 10.0 Å². The number of nitrogens with zero attached hydrogens (tertiary/aromatic N) is 5. The molecule has 0 aliphatic carbocycles. The quantitative estimate of drug-likeness (QED) is 0.730. The number of carbonyl (C=O) groups excluding carboxylic acids is 1. The topological polar surface area (TPSA) is 63.5 Å². The van der Waals surface area contributed by atoms with Gasteiger partial charge in [-0.2, -0.15) is 0 Å². The lowest BCUT2D eigenvalue weighted by Crippen LogP contribution is -2.49. The largest absolute Gasteiger partial charge is 0.383 e. The van der Waals surface area contributed by atoms with Crippen LogP contribution in [0.3, 0.4) is 0 Å². The van der Waals surface area contributed by atoms with Gasteiger partial charge in [0.2, 0.25) is 5.82 Å². The highest BCUT2D eigenvalue weighted by Gasteiger charge is 2.26. The summed E-state index contributed by atoms with van der Waals surface area (Å²) in [5, 5.41) is 5.36. The average molecular weight is 412 g/mol. The Hall–Kier alpha value is -1.67. The first kappa shape index (κ1) is 20.1. The molecule has 1 aliphatic heterocycles. The Bertz CT molecular complexity index is 783. The third-order valence-electron chi connectivity index (χ3n) is 4.60. The van der Waals surface area contributed by atoms with Crippen LogP contribution in [0.15, 0.2) is 18.2 Å². The van der Waals surface area contributed by atoms with Crippen LogP contribution in [0.4, 0.5) is 0 Å². The zero-order valence-electron chi connectivity index (χ0n) is 15.5. The molecule has 1 amide bonds. The third-order valence-corrected chi connectivity index (χ3v) is 5.21. The third kappa shape index (κ3) is 4.43. The van der Waals surface area contributed by atoms with Crippen LogP contribution in [0.5, 0.6) is 0 Å². The standard InChI is InChI=1S/C18H23Cl2N5O2/c1-3-15-21-17(22-25(15)16-13(19)5-4-6-14(16)20)18(26)24-9-7-23(8-10-24)11-12-27-2/h4-6H,3,7-12H2,1-2H3. The van der Waals surface area contributed by atoms with Gasteiger partial charge in [0.25, 0.3) is 5.91 Å². The molecule has 0 spiro atoms. The smallest absolute Gasteiger partial charge is 0.293 e. The van der Waals surface area contributed by atoms with Crippen molar-refractivity contribution in [3.8, 4) is 5.69 Å². The summed E-state index contributed by atoms with van der Waals surface area (Å²) < 4.78 is 6.69. The number of para-hydroxylation sites is 1. The van der Waals surface area contributed by atoms with Crippen molar-refractivity contribution in [1.29, 1.82) is 0 Å². The van der Waals surface area contributed by atoms with Crippen molar-refractivity contribution in [2.24, 2.45) is 0 Å². The lowest BCUT2D eigenvalue weighted by atomic mass is 10.3. The van der Waals surface area contributed by atoms with E-state index in [-0.39, 0.29) is 11.7 Å². The predicted molar refractivity (Wildman–Crippen MR) is 105 cm³/mol. The molecule has 9 heteroatoms. The normalized spacial score (nSPS) is 15.3. The van der Waals surface area contributed by atoms with Crippen LogP contribution in [0, 0.1) is 0 Å². The van der Waals surface area contributed by atoms with Crippen LogP contribution in [0.1, 0.15) is 23.4 Å². The first-order valence-corrected chi connectivity index (χ1v) is 9.71. The molecule has 1 aromatic carbocycles. The van der Waals surface area contributed by atoms with Crippen molar-refractivity contribution >= 4 is 29.1 Å². The van der Waals surface area contributed by atoms with Crippen molar-refractivity contribution in [2.45, 2.75) is 13.3 Å². The Balaban J connectivity index is 1.78. The van der Waals surface area contributed by atoms with Crippen LogP contribution >= 0.6 is 23.2 Å². The van der Waals surface area contributed by atoms with Gasteiger partial charge in [-0.25, -0.2) is 9.67 Å². The summed E-state index contributed by atoms with van der Waals surface area (Å²) in [6.07, 6.45) is 0.604. The molecule has 1 fully saturated rings. The SMILES string of the molecule is CCc1nc(C(=O)N2CCN(CCOC)CC2)nn1-c1c(Cl)cccc1Cl. The molecule has 3 rings (SSSR count). The minimum atomic E-state index is -0.169. The molecule has 1 aromatic heterocycles. The van der Waals surface area contributed by atoms with E-state index in [9.17, 15) is 4.79 Å². The Morgan fingerprint density at radius 2 is 1.85 bits per heavy atom. The van der Waals surface area contributed by atoms with Crippen molar-refractivity contribution < 1.29 is 9.53 Å². The molecule has 27 heavy (non-hydrogen) atoms. The fourth-order valence-electron chi connectivity index (χ4n) is 3.07. The predicted octanol–water partition coefficient (Wildman–Crippen LogP) is 2.54. The minimum Gasteiger partial charge on any atom is -0.383 e. The van der Waals surface area contributed by atoms with Crippen LogP contribution < -0.4 is 0 Å². The number of ether oxygens (including phenoxy) is 1. The molecule has 1 aliphatic rings. The Morgan fingerprint density at radius 1 is 1.19 bits per heavy atom. The van der Waals surface area contributed by atoms with E-state index in [0.29, 0.717) is 47.7 Å². The molecular weight excluding hydrogens is 389 g/mol. The number of hydrogen-bond acceptors (Lipinski definition) is 5. The van der Waals surface area contributed by atoms with Crippen molar-refractivity contribution in [3.63, 3.8) is 0 Å². The molecular formula is C18H23Cl2N5O2. The maximum Gasteiger partial charge on any atom is 0.293 e. The highest BCUT2D eigenvalue weighted by Crippen LogP contribution is 2.28. The summed E-state index contributed by atoms with van der Waals surface area (Å²) in [5.41, 5.74) is 0.550. The Morgan fingerprint density at radius 3 is 2.44 bits per heavy atom. The second kappa shape index (κ2) is 9.01. The molecule has 146 valence electrons. The van der Waals surface area contributed by atoms with Gasteiger partial charge in [-0.15, -0.1) is 5.10 Å². The van der Waals surface area contributed by atoms with Crippen molar-refractivity contribution in [2.75, 3.05) is 46.4 Å². The number of methoxy groups -OCH3 is 1. The number of rotatable bonds is 6. The molecule has 2 heterocycles. The molecule has 7 nitrogen and oxygen atoms in total. The van der Waals surface area contributed by atoms with Gasteiger partial charge in [-0.3, -0.25) is 9.69 Å². The van der Waals surface area contributed by atoms with Gasteiger partial charge in [-0.1, -0.05) is 36.2 Å². The summed E-state index contributed by atoms with van der Waals surface area (Å²) in [6, 6.07) is 5.25. The van der Waals surface area contributed by atoms with Crippen LogP contribution in [-0.4, -0.2) is 76.9 Å². The van der Waals surface area contributed by atoms with Gasteiger partial charge >= 0.3 is 0 Å². The summed E-state index contributed by atoms with van der Waals surface area (Å²) in [5.74, 6) is 0.651. The lowest BCUT2D eigenvalue weighted by Gasteiger charge is -2.33. The van der Waals surface area contributed by atoms with E-state index in [1.54, 1.807) is 34.9 Å². The zero-order valence-corrected chi connectivity index (χ0v) is 17.0. The fourth-order valence-corrected chi connectivity index (χ4v) is 3.63. The number of halogens is 2. The lowest BCUT2D eigenvalue weighted by molar-refractivity contribution is 0.0583. The van der Waals surface area contributed by atoms with E-state index in [2.05, 4.69) is 15.0 Å². The first-order valence-electron chi connectivity index (χ1n) is 8.96. The van der Waals surface area contributed by atoms with Crippen molar-refractivity contribution in [1.82, 2.24) is 24.6 Å².